The number of hydrogen-bond acceptors (Lipinski definition) is 7. The van der Waals surface area contributed by atoms with Crippen LogP contribution < -0.4 is 25.5 Å². The van der Waals surface area contributed by atoms with Crippen molar-refractivity contribution in [1.82, 2.24) is 16.1 Å². The van der Waals surface area contributed by atoms with E-state index in [2.05, 4.69) is 43.0 Å². The van der Waals surface area contributed by atoms with Crippen LogP contribution in [0.15, 0.2) is 63.3 Å². The van der Waals surface area contributed by atoms with Gasteiger partial charge in [0.1, 0.15) is 18.1 Å². The lowest BCUT2D eigenvalue weighted by atomic mass is 9.95. The van der Waals surface area contributed by atoms with Crippen LogP contribution in [-0.2, 0) is 14.3 Å². The van der Waals surface area contributed by atoms with Crippen molar-refractivity contribution < 1.29 is 23.8 Å². The zero-order chi connectivity index (χ0) is 26.8. The Kier molecular flexibility index (Phi) is 10.1. The van der Waals surface area contributed by atoms with Gasteiger partial charge < -0.3 is 24.8 Å². The van der Waals surface area contributed by atoms with Gasteiger partial charge in [0.15, 0.2) is 11.7 Å². The van der Waals surface area contributed by atoms with E-state index < -0.39 is 17.9 Å². The molecule has 1 aliphatic heterocycles. The van der Waals surface area contributed by atoms with Crippen LogP contribution in [0.25, 0.3) is 0 Å². The molecule has 11 heteroatoms. The first-order valence-corrected chi connectivity index (χ1v) is 12.4. The van der Waals surface area contributed by atoms with Gasteiger partial charge in [-0.05, 0) is 71.8 Å². The van der Waals surface area contributed by atoms with Gasteiger partial charge in [-0.1, -0.05) is 24.1 Å². The first-order chi connectivity index (χ1) is 17.8. The van der Waals surface area contributed by atoms with Crippen LogP contribution in [0.1, 0.15) is 31.0 Å². The highest BCUT2D eigenvalue weighted by atomic mass is 79.9. The molecule has 0 aromatic heterocycles. The maximum absolute atomic E-state index is 12.7. The molecule has 0 saturated heterocycles. The molecule has 0 saturated carbocycles. The van der Waals surface area contributed by atoms with Crippen molar-refractivity contribution in [3.63, 3.8) is 0 Å². The number of carbonyl (C=O) groups excluding carboxylic acids is 2. The molecule has 37 heavy (non-hydrogen) atoms. The molecular weight excluding hydrogens is 560 g/mol. The number of allylic oxidation sites excluding steroid dienone is 1. The van der Waals surface area contributed by atoms with E-state index in [4.69, 9.17) is 32.9 Å². The number of benzene rings is 2. The minimum absolute atomic E-state index is 0.158. The molecule has 1 heterocycles. The molecular formula is C26H25BrN4O5S. The summed E-state index contributed by atoms with van der Waals surface area (Å²) in [5.74, 6) is 2.47. The van der Waals surface area contributed by atoms with E-state index in [0.29, 0.717) is 37.9 Å². The van der Waals surface area contributed by atoms with Gasteiger partial charge in [0.25, 0.3) is 5.91 Å². The Morgan fingerprint density at radius 1 is 1.24 bits per heavy atom. The van der Waals surface area contributed by atoms with Crippen LogP contribution in [0.2, 0.25) is 0 Å². The fourth-order valence-electron chi connectivity index (χ4n) is 3.45. The first kappa shape index (κ1) is 27.7. The van der Waals surface area contributed by atoms with Gasteiger partial charge in [-0.15, -0.1) is 6.42 Å². The normalized spacial score (nSPS) is 14.9. The predicted molar refractivity (Wildman–Crippen MR) is 147 cm³/mol. The van der Waals surface area contributed by atoms with Crippen molar-refractivity contribution in [3.05, 3.63) is 69.3 Å². The monoisotopic (exact) mass is 584 g/mol. The van der Waals surface area contributed by atoms with Gasteiger partial charge in [-0.25, -0.2) is 10.2 Å². The Morgan fingerprint density at radius 3 is 2.76 bits per heavy atom. The lowest BCUT2D eigenvalue weighted by Crippen LogP contribution is -2.45. The third kappa shape index (κ3) is 7.55. The van der Waals surface area contributed by atoms with Crippen molar-refractivity contribution in [1.29, 1.82) is 0 Å². The van der Waals surface area contributed by atoms with Gasteiger partial charge in [-0.2, -0.15) is 5.10 Å². The van der Waals surface area contributed by atoms with E-state index in [1.807, 2.05) is 0 Å². The van der Waals surface area contributed by atoms with Gasteiger partial charge in [0.05, 0.1) is 28.9 Å². The minimum atomic E-state index is -0.615. The summed E-state index contributed by atoms with van der Waals surface area (Å²) in [6.45, 7) is 3.57. The second-order valence-electron chi connectivity index (χ2n) is 7.59. The number of nitrogens with one attached hydrogen (secondary N) is 3. The van der Waals surface area contributed by atoms with Gasteiger partial charge in [0, 0.05) is 11.3 Å². The van der Waals surface area contributed by atoms with Crippen molar-refractivity contribution in [2.24, 2.45) is 5.10 Å². The van der Waals surface area contributed by atoms with E-state index in [9.17, 15) is 9.59 Å². The Labute approximate surface area is 228 Å². The second kappa shape index (κ2) is 13.4. The van der Waals surface area contributed by atoms with Crippen LogP contribution in [0.4, 0.5) is 0 Å². The van der Waals surface area contributed by atoms with Crippen molar-refractivity contribution >= 4 is 51.4 Å². The molecule has 3 N–H and O–H groups in total. The molecule has 1 atom stereocenters. The Hall–Kier alpha value is -3.88. The molecule has 192 valence electrons. The number of carbonyl (C=O) groups is 2. The maximum atomic E-state index is 12.7. The first-order valence-electron chi connectivity index (χ1n) is 11.2. The van der Waals surface area contributed by atoms with Crippen LogP contribution in [0.3, 0.4) is 0 Å². The minimum Gasteiger partial charge on any atom is -0.483 e. The summed E-state index contributed by atoms with van der Waals surface area (Å²) >= 11 is 8.69. The van der Waals surface area contributed by atoms with Crippen LogP contribution >= 0.6 is 28.1 Å². The zero-order valence-corrected chi connectivity index (χ0v) is 22.6. The number of halogens is 1. The number of hydrazone groups is 1. The van der Waals surface area contributed by atoms with E-state index >= 15 is 0 Å². The average Bonchev–Trinajstić information content (AvgIpc) is 2.87. The number of thiocarbonyl (C=S) groups is 1. The zero-order valence-electron chi connectivity index (χ0n) is 20.2. The number of rotatable bonds is 10. The smallest absolute Gasteiger partial charge is 0.338 e. The second-order valence-corrected chi connectivity index (χ2v) is 8.86. The summed E-state index contributed by atoms with van der Waals surface area (Å²) in [6.07, 6.45) is 6.69. The summed E-state index contributed by atoms with van der Waals surface area (Å²) in [5, 5.41) is 10.4. The number of amides is 1. The maximum Gasteiger partial charge on any atom is 0.338 e. The highest BCUT2D eigenvalue weighted by molar-refractivity contribution is 9.10. The molecule has 0 bridgehead atoms. The average molecular weight is 585 g/mol. The number of para-hydroxylation sites is 1. The highest BCUT2D eigenvalue weighted by Gasteiger charge is 2.32. The molecule has 9 nitrogen and oxygen atoms in total. The largest absolute Gasteiger partial charge is 0.483 e. The Balaban J connectivity index is 1.66. The SMILES string of the molecule is C#CCOc1ccc(C=NNC(=O)COc2ccccc2[C@@H]2NC(=S)NC(C)=C2C(=O)OCC)cc1Br. The number of ether oxygens (including phenoxy) is 3. The molecule has 0 spiro atoms. The number of esters is 1. The Bertz CT molecular complexity index is 1290. The summed E-state index contributed by atoms with van der Waals surface area (Å²) in [6, 6.07) is 11.7. The molecule has 0 fully saturated rings. The third-order valence-electron chi connectivity index (χ3n) is 5.02. The number of terminal acetylenes is 1. The molecule has 0 radical (unpaired) electrons. The topological polar surface area (TPSA) is 110 Å². The van der Waals surface area contributed by atoms with Crippen molar-refractivity contribution in [2.45, 2.75) is 19.9 Å². The van der Waals surface area contributed by atoms with E-state index in [0.717, 1.165) is 5.56 Å². The molecule has 0 aliphatic carbocycles. The molecule has 2 aromatic carbocycles. The molecule has 1 aliphatic rings. The molecule has 1 amide bonds. The fourth-order valence-corrected chi connectivity index (χ4v) is 4.23. The van der Waals surface area contributed by atoms with Gasteiger partial charge in [-0.3, -0.25) is 4.79 Å². The summed E-state index contributed by atoms with van der Waals surface area (Å²) in [5.41, 5.74) is 4.74. The van der Waals surface area contributed by atoms with Crippen LogP contribution in [-0.4, -0.2) is 43.0 Å². The quantitative estimate of drug-likeness (QED) is 0.128. The highest BCUT2D eigenvalue weighted by Crippen LogP contribution is 2.33. The molecule has 0 unspecified atom stereocenters. The van der Waals surface area contributed by atoms with E-state index in [1.165, 1.54) is 6.21 Å². The van der Waals surface area contributed by atoms with E-state index in [1.54, 1.807) is 56.3 Å². The molecule has 3 rings (SSSR count). The van der Waals surface area contributed by atoms with Gasteiger partial charge >= 0.3 is 5.97 Å². The summed E-state index contributed by atoms with van der Waals surface area (Å²) in [4.78, 5) is 25.0. The number of nitrogens with zero attached hydrogens (tertiary/aromatic N) is 1. The third-order valence-corrected chi connectivity index (χ3v) is 5.86. The van der Waals surface area contributed by atoms with Gasteiger partial charge in [0.2, 0.25) is 0 Å². The standard InChI is InChI=1S/C26H25BrN4O5S/c1-4-12-35-21-11-10-17(13-19(21)27)14-28-31-22(32)15-36-20-9-7-6-8-18(20)24-23(25(33)34-5-2)16(3)29-26(37)30-24/h1,6-11,13-14,24H,5,12,15H2,2-3H3,(H,31,32)(H2,29,30,37)/t24-/m0/s1. The fraction of sp³-hybridized carbons (Fsp3) is 0.231. The Morgan fingerprint density at radius 2 is 2.03 bits per heavy atom. The summed E-state index contributed by atoms with van der Waals surface area (Å²) < 4.78 is 17.1. The lowest BCUT2D eigenvalue weighted by Gasteiger charge is -2.30. The number of hydrogen-bond donors (Lipinski definition) is 3. The van der Waals surface area contributed by atoms with Crippen LogP contribution in [0.5, 0.6) is 11.5 Å². The van der Waals surface area contributed by atoms with Crippen molar-refractivity contribution in [3.8, 4) is 23.8 Å². The van der Waals surface area contributed by atoms with E-state index in [-0.39, 0.29) is 19.8 Å². The van der Waals surface area contributed by atoms with Crippen LogP contribution in [0, 0.1) is 12.3 Å². The van der Waals surface area contributed by atoms with Crippen molar-refractivity contribution in [2.75, 3.05) is 19.8 Å². The predicted octanol–water partition coefficient (Wildman–Crippen LogP) is 3.35. The molecule has 2 aromatic rings. The lowest BCUT2D eigenvalue weighted by molar-refractivity contribution is -0.139. The summed E-state index contributed by atoms with van der Waals surface area (Å²) in [7, 11) is 0.